The fourth-order valence-corrected chi connectivity index (χ4v) is 4.11. The van der Waals surface area contributed by atoms with Gasteiger partial charge in [-0.05, 0) is 44.7 Å². The molecule has 29 heavy (non-hydrogen) atoms. The number of rotatable bonds is 4. The molecule has 5 rings (SSSR count). The van der Waals surface area contributed by atoms with Crippen LogP contribution in [0.25, 0.3) is 0 Å². The van der Waals surface area contributed by atoms with Gasteiger partial charge in [-0.15, -0.1) is 0 Å². The van der Waals surface area contributed by atoms with Crippen LogP contribution in [0.2, 0.25) is 0 Å². The Morgan fingerprint density at radius 2 is 1.97 bits per heavy atom. The van der Waals surface area contributed by atoms with E-state index < -0.39 is 11.6 Å². The second-order valence-corrected chi connectivity index (χ2v) is 8.09. The molecule has 1 aromatic carbocycles. The number of nitrogens with zero attached hydrogens (tertiary/aromatic N) is 3. The topological polar surface area (TPSA) is 93.7 Å². The van der Waals surface area contributed by atoms with Crippen molar-refractivity contribution in [3.8, 4) is 17.5 Å². The summed E-state index contributed by atoms with van der Waals surface area (Å²) >= 11 is 0. The molecule has 0 radical (unpaired) electrons. The first-order valence-corrected chi connectivity index (χ1v) is 9.89. The van der Waals surface area contributed by atoms with E-state index in [9.17, 15) is 9.59 Å². The summed E-state index contributed by atoms with van der Waals surface area (Å²) in [6.45, 7) is 4.29. The molecule has 3 amide bonds. The molecular weight excluding hydrogens is 372 g/mol. The highest BCUT2D eigenvalue weighted by Gasteiger charge is 2.50. The number of hydrogen-bond donors (Lipinski definition) is 1. The maximum atomic E-state index is 12.6. The number of urea groups is 1. The number of imide groups is 1. The number of nitrogens with one attached hydrogen (secondary N) is 1. The molecule has 8 nitrogen and oxygen atoms in total. The molecule has 3 heterocycles. The summed E-state index contributed by atoms with van der Waals surface area (Å²) in [4.78, 5) is 34.4. The van der Waals surface area contributed by atoms with Crippen LogP contribution in [-0.4, -0.2) is 34.1 Å². The van der Waals surface area contributed by atoms with Crippen LogP contribution in [0.15, 0.2) is 30.6 Å². The maximum absolute atomic E-state index is 12.6. The maximum Gasteiger partial charge on any atom is 0.329 e. The van der Waals surface area contributed by atoms with E-state index in [0.29, 0.717) is 17.9 Å². The normalized spacial score (nSPS) is 24.1. The van der Waals surface area contributed by atoms with E-state index in [2.05, 4.69) is 15.3 Å². The van der Waals surface area contributed by atoms with Gasteiger partial charge in [-0.25, -0.2) is 19.7 Å². The number of anilines is 1. The zero-order valence-corrected chi connectivity index (χ0v) is 16.4. The van der Waals surface area contributed by atoms with E-state index in [0.717, 1.165) is 42.1 Å². The van der Waals surface area contributed by atoms with Gasteiger partial charge in [-0.1, -0.05) is 13.0 Å². The second kappa shape index (κ2) is 6.17. The number of benzene rings is 1. The molecule has 1 saturated heterocycles. The summed E-state index contributed by atoms with van der Waals surface area (Å²) in [7, 11) is 0. The lowest BCUT2D eigenvalue weighted by Gasteiger charge is -2.27. The highest BCUT2D eigenvalue weighted by atomic mass is 16.5. The molecule has 1 aromatic heterocycles. The van der Waals surface area contributed by atoms with E-state index in [1.54, 1.807) is 6.92 Å². The van der Waals surface area contributed by atoms with Gasteiger partial charge in [0, 0.05) is 11.0 Å². The molecule has 1 spiro atoms. The van der Waals surface area contributed by atoms with Gasteiger partial charge in [-0.2, -0.15) is 0 Å². The quantitative estimate of drug-likeness (QED) is 0.800. The van der Waals surface area contributed by atoms with Crippen molar-refractivity contribution in [2.45, 2.75) is 50.5 Å². The summed E-state index contributed by atoms with van der Waals surface area (Å²) in [5.74, 6) is 1.24. The van der Waals surface area contributed by atoms with Crippen molar-refractivity contribution in [2.24, 2.45) is 0 Å². The molecule has 1 N–H and O–H groups in total. The molecule has 2 aromatic rings. The first-order valence-electron chi connectivity index (χ1n) is 9.89. The van der Waals surface area contributed by atoms with Crippen LogP contribution >= 0.6 is 0 Å². The van der Waals surface area contributed by atoms with Crippen LogP contribution in [-0.2, 0) is 10.2 Å². The largest absolute Gasteiger partial charge is 0.493 e. The molecular formula is C21H22N4O4. The molecule has 2 fully saturated rings. The smallest absolute Gasteiger partial charge is 0.329 e. The van der Waals surface area contributed by atoms with Crippen molar-refractivity contribution in [3.05, 3.63) is 36.2 Å². The molecule has 3 aliphatic rings. The minimum Gasteiger partial charge on any atom is -0.493 e. The number of fused-ring (bicyclic) bond motifs is 2. The second-order valence-electron chi connectivity index (χ2n) is 8.09. The van der Waals surface area contributed by atoms with Gasteiger partial charge in [0.2, 0.25) is 0 Å². The molecule has 1 unspecified atom stereocenters. The highest BCUT2D eigenvalue weighted by molar-refractivity contribution is 6.23. The summed E-state index contributed by atoms with van der Waals surface area (Å²) in [5.41, 5.74) is 0.642. The van der Waals surface area contributed by atoms with Gasteiger partial charge in [0.15, 0.2) is 0 Å². The fourth-order valence-electron chi connectivity index (χ4n) is 4.11. The Hall–Kier alpha value is -3.16. The lowest BCUT2D eigenvalue weighted by Crippen LogP contribution is -2.43. The van der Waals surface area contributed by atoms with E-state index >= 15 is 0 Å². The highest BCUT2D eigenvalue weighted by Crippen LogP contribution is 2.59. The Kier molecular flexibility index (Phi) is 3.81. The Labute approximate surface area is 168 Å². The van der Waals surface area contributed by atoms with E-state index in [1.807, 2.05) is 25.1 Å². The minimum absolute atomic E-state index is 0.148. The number of aromatic nitrogens is 2. The van der Waals surface area contributed by atoms with Crippen molar-refractivity contribution >= 4 is 17.6 Å². The SMILES string of the molecule is CCC1(C)NC(=O)N(c2cnc(Oc3cccc4c3C3(CCO4)CC3)nc2)C1=O. The van der Waals surface area contributed by atoms with Gasteiger partial charge in [0.25, 0.3) is 5.91 Å². The lowest BCUT2D eigenvalue weighted by atomic mass is 9.89. The minimum atomic E-state index is -0.909. The summed E-state index contributed by atoms with van der Waals surface area (Å²) < 4.78 is 11.8. The first-order chi connectivity index (χ1) is 14.0. The number of ether oxygens (including phenoxy) is 2. The van der Waals surface area contributed by atoms with Crippen LogP contribution in [0.5, 0.6) is 17.5 Å². The molecule has 2 aliphatic heterocycles. The Balaban J connectivity index is 1.41. The molecule has 1 atom stereocenters. The van der Waals surface area contributed by atoms with Crippen LogP contribution < -0.4 is 19.7 Å². The summed E-state index contributed by atoms with van der Waals surface area (Å²) in [6.07, 6.45) is 6.61. The van der Waals surface area contributed by atoms with Crippen molar-refractivity contribution in [1.29, 1.82) is 0 Å². The van der Waals surface area contributed by atoms with Crippen molar-refractivity contribution in [3.63, 3.8) is 0 Å². The van der Waals surface area contributed by atoms with E-state index in [4.69, 9.17) is 9.47 Å². The van der Waals surface area contributed by atoms with Gasteiger partial charge in [0.1, 0.15) is 17.0 Å². The molecule has 1 saturated carbocycles. The molecule has 0 bridgehead atoms. The third-order valence-electron chi connectivity index (χ3n) is 6.25. The fraction of sp³-hybridized carbons (Fsp3) is 0.429. The average molecular weight is 394 g/mol. The number of carbonyl (C=O) groups is 2. The van der Waals surface area contributed by atoms with Crippen LogP contribution in [0.1, 0.15) is 45.1 Å². The monoisotopic (exact) mass is 394 g/mol. The average Bonchev–Trinajstić information content (AvgIpc) is 3.44. The Morgan fingerprint density at radius 3 is 2.62 bits per heavy atom. The third kappa shape index (κ3) is 2.73. The summed E-state index contributed by atoms with van der Waals surface area (Å²) in [5, 5.41) is 2.72. The summed E-state index contributed by atoms with van der Waals surface area (Å²) in [6, 6.07) is 5.45. The zero-order chi connectivity index (χ0) is 20.2. The van der Waals surface area contributed by atoms with Gasteiger partial charge in [0.05, 0.1) is 24.7 Å². The lowest BCUT2D eigenvalue weighted by molar-refractivity contribution is -0.121. The van der Waals surface area contributed by atoms with Crippen LogP contribution in [0.4, 0.5) is 10.5 Å². The van der Waals surface area contributed by atoms with E-state index in [-0.39, 0.29) is 17.3 Å². The Bertz CT molecular complexity index is 1000. The predicted molar refractivity (Wildman–Crippen MR) is 104 cm³/mol. The predicted octanol–water partition coefficient (Wildman–Crippen LogP) is 3.31. The first kappa shape index (κ1) is 17.9. The standard InChI is InChI=1S/C21H22N4O4/c1-3-20(2)17(26)25(19(27)24-20)13-11-22-18(23-12-13)29-15-6-4-5-14-16(15)21(7-8-21)9-10-28-14/h4-6,11-12H,3,7-10H2,1-2H3,(H,24,27). The Morgan fingerprint density at radius 1 is 1.21 bits per heavy atom. The number of hydrogen-bond acceptors (Lipinski definition) is 6. The van der Waals surface area contributed by atoms with Crippen molar-refractivity contribution in [2.75, 3.05) is 11.5 Å². The molecule has 8 heteroatoms. The molecule has 1 aliphatic carbocycles. The van der Waals surface area contributed by atoms with Crippen molar-refractivity contribution in [1.82, 2.24) is 15.3 Å². The number of carbonyl (C=O) groups excluding carboxylic acids is 2. The van der Waals surface area contributed by atoms with Crippen molar-refractivity contribution < 1.29 is 19.1 Å². The van der Waals surface area contributed by atoms with Gasteiger partial charge < -0.3 is 14.8 Å². The van der Waals surface area contributed by atoms with E-state index in [1.165, 1.54) is 12.4 Å². The third-order valence-corrected chi connectivity index (χ3v) is 6.25. The van der Waals surface area contributed by atoms with Crippen LogP contribution in [0, 0.1) is 0 Å². The van der Waals surface area contributed by atoms with Crippen LogP contribution in [0.3, 0.4) is 0 Å². The molecule has 150 valence electrons. The zero-order valence-electron chi connectivity index (χ0n) is 16.4. The number of amides is 3. The van der Waals surface area contributed by atoms with Gasteiger partial charge in [-0.3, -0.25) is 4.79 Å². The van der Waals surface area contributed by atoms with Gasteiger partial charge >= 0.3 is 12.0 Å².